The van der Waals surface area contributed by atoms with E-state index in [0.29, 0.717) is 22.9 Å². The second-order valence-corrected chi connectivity index (χ2v) is 6.40. The summed E-state index contributed by atoms with van der Waals surface area (Å²) in [6.07, 6.45) is 3.59. The van der Waals surface area contributed by atoms with E-state index in [1.165, 1.54) is 0 Å². The van der Waals surface area contributed by atoms with Gasteiger partial charge >= 0.3 is 0 Å². The number of carbonyl (C=O) groups excluding carboxylic acids is 1. The lowest BCUT2D eigenvalue weighted by atomic mass is 10.1. The minimum atomic E-state index is -0.184. The van der Waals surface area contributed by atoms with Crippen molar-refractivity contribution in [3.05, 3.63) is 82.6 Å². The molecule has 0 aliphatic rings. The molecular weight excluding hydrogens is 350 g/mol. The summed E-state index contributed by atoms with van der Waals surface area (Å²) in [7, 11) is 1.56. The monoisotopic (exact) mass is 369 g/mol. The number of nitrogens with one attached hydrogen (secondary N) is 1. The van der Waals surface area contributed by atoms with Gasteiger partial charge in [0.2, 0.25) is 0 Å². The van der Waals surface area contributed by atoms with Crippen LogP contribution < -0.4 is 10.1 Å². The van der Waals surface area contributed by atoms with Gasteiger partial charge in [0, 0.05) is 24.0 Å². The Morgan fingerprint density at radius 2 is 2.04 bits per heavy atom. The van der Waals surface area contributed by atoms with Crippen molar-refractivity contribution in [1.82, 2.24) is 15.1 Å². The zero-order valence-electron chi connectivity index (χ0n) is 14.6. The predicted molar refractivity (Wildman–Crippen MR) is 102 cm³/mol. The molecule has 1 aromatic heterocycles. The van der Waals surface area contributed by atoms with Crippen LogP contribution >= 0.6 is 11.6 Å². The summed E-state index contributed by atoms with van der Waals surface area (Å²) < 4.78 is 7.12. The molecule has 1 amide bonds. The van der Waals surface area contributed by atoms with Crippen LogP contribution in [-0.4, -0.2) is 29.3 Å². The zero-order valence-corrected chi connectivity index (χ0v) is 15.4. The highest BCUT2D eigenvalue weighted by molar-refractivity contribution is 6.30. The summed E-state index contributed by atoms with van der Waals surface area (Å²) in [5, 5.41) is 7.98. The summed E-state index contributed by atoms with van der Waals surface area (Å²) in [5.74, 6) is 0.368. The van der Waals surface area contributed by atoms with E-state index >= 15 is 0 Å². The third-order valence-corrected chi connectivity index (χ3v) is 4.41. The van der Waals surface area contributed by atoms with Crippen LogP contribution in [0.5, 0.6) is 5.75 Å². The SMILES string of the molecule is COc1ccc(C)cc1C(=O)NC[C@H](c1ccc(Cl)cc1)n1cccn1. The third-order valence-electron chi connectivity index (χ3n) is 4.15. The molecule has 134 valence electrons. The lowest BCUT2D eigenvalue weighted by Gasteiger charge is -2.19. The summed E-state index contributed by atoms with van der Waals surface area (Å²) in [6, 6.07) is 14.8. The maximum atomic E-state index is 12.7. The number of methoxy groups -OCH3 is 1. The molecule has 5 nitrogen and oxygen atoms in total. The zero-order chi connectivity index (χ0) is 18.5. The van der Waals surface area contributed by atoms with E-state index in [2.05, 4.69) is 10.4 Å². The normalized spacial score (nSPS) is 11.8. The Morgan fingerprint density at radius 3 is 2.69 bits per heavy atom. The highest BCUT2D eigenvalue weighted by atomic mass is 35.5. The fourth-order valence-electron chi connectivity index (χ4n) is 2.80. The summed E-state index contributed by atoms with van der Waals surface area (Å²) in [4.78, 5) is 12.7. The number of aryl methyl sites for hydroxylation is 1. The number of benzene rings is 2. The molecule has 0 spiro atoms. The van der Waals surface area contributed by atoms with E-state index in [-0.39, 0.29) is 11.9 Å². The minimum absolute atomic E-state index is 0.137. The first kappa shape index (κ1) is 18.0. The average molecular weight is 370 g/mol. The van der Waals surface area contributed by atoms with Crippen LogP contribution in [0.3, 0.4) is 0 Å². The molecule has 0 saturated heterocycles. The van der Waals surface area contributed by atoms with Crippen molar-refractivity contribution >= 4 is 17.5 Å². The smallest absolute Gasteiger partial charge is 0.255 e. The highest BCUT2D eigenvalue weighted by Crippen LogP contribution is 2.22. The largest absolute Gasteiger partial charge is 0.496 e. The third kappa shape index (κ3) is 4.06. The first-order valence-corrected chi connectivity index (χ1v) is 8.63. The van der Waals surface area contributed by atoms with Crippen molar-refractivity contribution in [3.63, 3.8) is 0 Å². The van der Waals surface area contributed by atoms with Gasteiger partial charge in [-0.05, 0) is 42.8 Å². The molecule has 0 radical (unpaired) electrons. The van der Waals surface area contributed by atoms with Crippen LogP contribution in [0, 0.1) is 6.92 Å². The maximum absolute atomic E-state index is 12.7. The topological polar surface area (TPSA) is 56.1 Å². The van der Waals surface area contributed by atoms with Gasteiger partial charge in [-0.3, -0.25) is 9.48 Å². The Kier molecular flexibility index (Phi) is 5.58. The molecule has 0 fully saturated rings. The molecule has 1 N–H and O–H groups in total. The summed E-state index contributed by atoms with van der Waals surface area (Å²) in [5.41, 5.74) is 2.52. The Morgan fingerprint density at radius 1 is 1.27 bits per heavy atom. The van der Waals surface area contributed by atoms with Crippen LogP contribution in [0.2, 0.25) is 5.02 Å². The first-order valence-electron chi connectivity index (χ1n) is 8.26. The van der Waals surface area contributed by atoms with Gasteiger partial charge in [-0.1, -0.05) is 35.4 Å². The maximum Gasteiger partial charge on any atom is 0.255 e. The van der Waals surface area contributed by atoms with E-state index in [0.717, 1.165) is 11.1 Å². The van der Waals surface area contributed by atoms with E-state index in [1.807, 2.05) is 60.3 Å². The predicted octanol–water partition coefficient (Wildman–Crippen LogP) is 3.87. The van der Waals surface area contributed by atoms with Crippen molar-refractivity contribution in [2.75, 3.05) is 13.7 Å². The number of aromatic nitrogens is 2. The fraction of sp³-hybridized carbons (Fsp3) is 0.200. The van der Waals surface area contributed by atoms with Crippen LogP contribution in [0.4, 0.5) is 0 Å². The highest BCUT2D eigenvalue weighted by Gasteiger charge is 2.18. The molecule has 6 heteroatoms. The molecule has 3 rings (SSSR count). The fourth-order valence-corrected chi connectivity index (χ4v) is 2.92. The van der Waals surface area contributed by atoms with Crippen molar-refractivity contribution in [2.45, 2.75) is 13.0 Å². The van der Waals surface area contributed by atoms with E-state index in [1.54, 1.807) is 19.4 Å². The van der Waals surface area contributed by atoms with Crippen LogP contribution in [-0.2, 0) is 0 Å². The van der Waals surface area contributed by atoms with Gasteiger partial charge in [0.1, 0.15) is 5.75 Å². The molecular formula is C20H20ClN3O2. The average Bonchev–Trinajstić information content (AvgIpc) is 3.17. The van der Waals surface area contributed by atoms with Gasteiger partial charge in [-0.2, -0.15) is 5.10 Å². The second-order valence-electron chi connectivity index (χ2n) is 5.97. The molecule has 3 aromatic rings. The lowest BCUT2D eigenvalue weighted by Crippen LogP contribution is -2.31. The Hall–Kier alpha value is -2.79. The number of nitrogens with zero attached hydrogens (tertiary/aromatic N) is 2. The van der Waals surface area contributed by atoms with Crippen LogP contribution in [0.25, 0.3) is 0 Å². The van der Waals surface area contributed by atoms with Gasteiger partial charge in [0.25, 0.3) is 5.91 Å². The summed E-state index contributed by atoms with van der Waals surface area (Å²) >= 11 is 5.99. The van der Waals surface area contributed by atoms with Crippen LogP contribution in [0.1, 0.15) is 27.5 Å². The Balaban J connectivity index is 1.81. The number of amides is 1. The Bertz CT molecular complexity index is 877. The number of hydrogen-bond donors (Lipinski definition) is 1. The van der Waals surface area contributed by atoms with Gasteiger partial charge in [-0.25, -0.2) is 0 Å². The first-order chi connectivity index (χ1) is 12.6. The molecule has 2 aromatic carbocycles. The Labute approximate surface area is 157 Å². The molecule has 0 saturated carbocycles. The number of ether oxygens (including phenoxy) is 1. The van der Waals surface area contributed by atoms with Gasteiger partial charge in [-0.15, -0.1) is 0 Å². The molecule has 26 heavy (non-hydrogen) atoms. The number of carbonyl (C=O) groups is 1. The van der Waals surface area contributed by atoms with Gasteiger partial charge < -0.3 is 10.1 Å². The molecule has 1 atom stereocenters. The van der Waals surface area contributed by atoms with E-state index in [4.69, 9.17) is 16.3 Å². The van der Waals surface area contributed by atoms with E-state index in [9.17, 15) is 4.79 Å². The van der Waals surface area contributed by atoms with Crippen LogP contribution in [0.15, 0.2) is 60.9 Å². The number of rotatable bonds is 6. The van der Waals surface area contributed by atoms with E-state index < -0.39 is 0 Å². The quantitative estimate of drug-likeness (QED) is 0.717. The molecule has 0 unspecified atom stereocenters. The summed E-state index contributed by atoms with van der Waals surface area (Å²) in [6.45, 7) is 2.33. The second kappa shape index (κ2) is 8.06. The molecule has 0 aliphatic carbocycles. The van der Waals surface area contributed by atoms with Crippen molar-refractivity contribution in [2.24, 2.45) is 0 Å². The standard InChI is InChI=1S/C20H20ClN3O2/c1-14-4-9-19(26-2)17(12-14)20(25)22-13-18(24-11-3-10-23-24)15-5-7-16(21)8-6-15/h3-12,18H,13H2,1-2H3,(H,22,25)/t18-/m1/s1. The molecule has 0 bridgehead atoms. The van der Waals surface area contributed by atoms with Crippen molar-refractivity contribution in [1.29, 1.82) is 0 Å². The van der Waals surface area contributed by atoms with Crippen molar-refractivity contribution < 1.29 is 9.53 Å². The van der Waals surface area contributed by atoms with Crippen molar-refractivity contribution in [3.8, 4) is 5.75 Å². The molecule has 0 aliphatic heterocycles. The number of halogens is 1. The van der Waals surface area contributed by atoms with Gasteiger partial charge in [0.05, 0.1) is 18.7 Å². The number of hydrogen-bond acceptors (Lipinski definition) is 3. The lowest BCUT2D eigenvalue weighted by molar-refractivity contribution is 0.0946. The molecule has 1 heterocycles. The van der Waals surface area contributed by atoms with Gasteiger partial charge in [0.15, 0.2) is 0 Å². The minimum Gasteiger partial charge on any atom is -0.496 e.